The number of halogens is 1. The van der Waals surface area contributed by atoms with Crippen LogP contribution in [0, 0.1) is 0 Å². The zero-order valence-electron chi connectivity index (χ0n) is 11.0. The fourth-order valence-electron chi connectivity index (χ4n) is 2.98. The van der Waals surface area contributed by atoms with Gasteiger partial charge in [-0.05, 0) is 0 Å². The minimum Gasteiger partial charge on any atom is -0.651 e. The molecule has 2 aromatic rings. The minimum atomic E-state index is -1.39. The average Bonchev–Trinajstić information content (AvgIpc) is 3.03. The molecule has 3 heteroatoms. The first kappa shape index (κ1) is 12.8. The van der Waals surface area contributed by atoms with Crippen LogP contribution < -0.4 is 10.9 Å². The largest absolute Gasteiger partial charge is 0.651 e. The van der Waals surface area contributed by atoms with Crippen LogP contribution in [0.15, 0.2) is 60.7 Å². The third-order valence-corrected chi connectivity index (χ3v) is 4.73. The predicted molar refractivity (Wildman–Crippen MR) is 83.8 cm³/mol. The van der Waals surface area contributed by atoms with Crippen molar-refractivity contribution in [1.29, 1.82) is 0 Å². The Balaban J connectivity index is 2.10. The van der Waals surface area contributed by atoms with Crippen LogP contribution in [-0.4, -0.2) is 19.0 Å². The molecule has 0 atom stereocenters. The van der Waals surface area contributed by atoms with Crippen LogP contribution in [-0.2, 0) is 4.28 Å². The lowest BCUT2D eigenvalue weighted by molar-refractivity contribution is 0.0542. The maximum absolute atomic E-state index is 7.15. The fraction of sp³-hybridized carbons (Fsp3) is 0.250. The van der Waals surface area contributed by atoms with E-state index in [1.54, 1.807) is 0 Å². The second-order valence-electron chi connectivity index (χ2n) is 5.16. The van der Waals surface area contributed by atoms with Crippen LogP contribution in [0.3, 0.4) is 0 Å². The van der Waals surface area contributed by atoms with E-state index < -0.39 is 5.76 Å². The third-order valence-electron chi connectivity index (χ3n) is 3.98. The van der Waals surface area contributed by atoms with E-state index in [0.29, 0.717) is 0 Å². The molecular weight excluding hydrogens is 254 g/mol. The van der Waals surface area contributed by atoms with E-state index in [2.05, 4.69) is 52.8 Å². The van der Waals surface area contributed by atoms with Crippen LogP contribution >= 0.6 is 11.5 Å². The molecule has 1 nitrogen and oxygen atoms in total. The van der Waals surface area contributed by atoms with E-state index in [1.807, 2.05) is 12.1 Å². The van der Waals surface area contributed by atoms with E-state index in [4.69, 9.17) is 11.5 Å². The van der Waals surface area contributed by atoms with Crippen LogP contribution in [0.25, 0.3) is 0 Å². The topological polar surface area (TPSA) is 2.70 Å². The molecular formula is C16H18BClO. The molecule has 1 fully saturated rings. The van der Waals surface area contributed by atoms with Crippen molar-refractivity contribution in [3.63, 3.8) is 0 Å². The summed E-state index contributed by atoms with van der Waals surface area (Å²) >= 11 is 7.15. The van der Waals surface area contributed by atoms with Crippen molar-refractivity contribution in [2.75, 3.05) is 13.2 Å². The zero-order chi connectivity index (χ0) is 13.1. The standard InChI is InChI=1S/C16H18BClO/c18-17(19-13-7-8-14-19,15-9-3-1-4-10-15)16-11-5-2-6-12-16/h1-6,9-12H,7-8,13-14H2. The van der Waals surface area contributed by atoms with Gasteiger partial charge < -0.3 is 4.28 Å². The van der Waals surface area contributed by atoms with Crippen molar-refractivity contribution in [3.05, 3.63) is 60.7 Å². The molecule has 1 saturated heterocycles. The van der Waals surface area contributed by atoms with Gasteiger partial charge in [0.2, 0.25) is 0 Å². The van der Waals surface area contributed by atoms with Crippen molar-refractivity contribution in [3.8, 4) is 0 Å². The molecule has 0 spiro atoms. The second kappa shape index (κ2) is 5.40. The number of benzene rings is 2. The summed E-state index contributed by atoms with van der Waals surface area (Å²) in [6, 6.07) is 20.9. The molecule has 0 saturated carbocycles. The summed E-state index contributed by atoms with van der Waals surface area (Å²) < 4.78 is 3.37. The first-order chi connectivity index (χ1) is 9.32. The average molecular weight is 273 g/mol. The molecule has 0 N–H and O–H groups in total. The van der Waals surface area contributed by atoms with Gasteiger partial charge in [-0.15, -0.1) is 10.9 Å². The number of rotatable bonds is 3. The smallest absolute Gasteiger partial charge is 0.434 e. The number of hydrogen-bond acceptors (Lipinski definition) is 0. The van der Waals surface area contributed by atoms with E-state index in [-0.39, 0.29) is 0 Å². The molecule has 0 unspecified atom stereocenters. The van der Waals surface area contributed by atoms with E-state index in [1.165, 1.54) is 23.8 Å². The molecule has 0 bridgehead atoms. The van der Waals surface area contributed by atoms with Gasteiger partial charge in [0.15, 0.2) is 0 Å². The summed E-state index contributed by atoms with van der Waals surface area (Å²) in [6.07, 6.45) is 2.42. The highest BCUT2D eigenvalue weighted by molar-refractivity contribution is 7.31. The SMILES string of the molecule is Cl[B-](c1ccccc1)(c1ccccc1)[O+]1CCCC1. The Labute approximate surface area is 119 Å². The molecule has 0 amide bonds. The lowest BCUT2D eigenvalue weighted by atomic mass is 9.52. The lowest BCUT2D eigenvalue weighted by Crippen LogP contribution is -2.61. The Morgan fingerprint density at radius 3 is 1.58 bits per heavy atom. The molecule has 98 valence electrons. The highest BCUT2D eigenvalue weighted by Crippen LogP contribution is 2.26. The zero-order valence-corrected chi connectivity index (χ0v) is 11.7. The molecule has 19 heavy (non-hydrogen) atoms. The first-order valence-electron chi connectivity index (χ1n) is 6.93. The molecule has 0 radical (unpaired) electrons. The first-order valence-corrected chi connectivity index (χ1v) is 7.37. The Hall–Kier alpha value is -1.25. The van der Waals surface area contributed by atoms with Crippen molar-refractivity contribution >= 4 is 28.1 Å². The number of hydrogen-bond donors (Lipinski definition) is 0. The lowest BCUT2D eigenvalue weighted by Gasteiger charge is -2.41. The summed E-state index contributed by atoms with van der Waals surface area (Å²) in [6.45, 7) is 2.01. The Morgan fingerprint density at radius 2 is 1.16 bits per heavy atom. The molecule has 2 aromatic carbocycles. The van der Waals surface area contributed by atoms with Gasteiger partial charge in [0.1, 0.15) is 0 Å². The van der Waals surface area contributed by atoms with Crippen molar-refractivity contribution in [2.24, 2.45) is 0 Å². The van der Waals surface area contributed by atoms with Gasteiger partial charge >= 0.3 is 5.76 Å². The van der Waals surface area contributed by atoms with Gasteiger partial charge in [-0.3, -0.25) is 11.5 Å². The summed E-state index contributed by atoms with van der Waals surface area (Å²) in [4.78, 5) is 0. The van der Waals surface area contributed by atoms with Crippen molar-refractivity contribution in [2.45, 2.75) is 12.8 Å². The minimum absolute atomic E-state index is 1.01. The van der Waals surface area contributed by atoms with Gasteiger partial charge in [-0.25, -0.2) is 0 Å². The Bertz CT molecular complexity index is 483. The monoisotopic (exact) mass is 272 g/mol. The summed E-state index contributed by atoms with van der Waals surface area (Å²) in [5, 5.41) is 0. The molecule has 0 aromatic heterocycles. The normalized spacial score (nSPS) is 16.7. The van der Waals surface area contributed by atoms with Crippen molar-refractivity contribution < 1.29 is 4.28 Å². The Kier molecular flexibility index (Phi) is 3.63. The third kappa shape index (κ3) is 2.31. The van der Waals surface area contributed by atoms with E-state index in [9.17, 15) is 0 Å². The van der Waals surface area contributed by atoms with Gasteiger partial charge in [0.05, 0.1) is 13.2 Å². The van der Waals surface area contributed by atoms with Gasteiger partial charge in [-0.1, -0.05) is 60.7 Å². The molecule has 1 aliphatic rings. The van der Waals surface area contributed by atoms with E-state index in [0.717, 1.165) is 13.2 Å². The fourth-order valence-corrected chi connectivity index (χ4v) is 3.45. The predicted octanol–water partition coefficient (Wildman–Crippen LogP) is 2.83. The van der Waals surface area contributed by atoms with Gasteiger partial charge in [0.25, 0.3) is 0 Å². The quantitative estimate of drug-likeness (QED) is 0.597. The van der Waals surface area contributed by atoms with Gasteiger partial charge in [0, 0.05) is 12.8 Å². The van der Waals surface area contributed by atoms with Crippen LogP contribution in [0.5, 0.6) is 0 Å². The Morgan fingerprint density at radius 1 is 0.737 bits per heavy atom. The molecule has 3 rings (SSSR count). The van der Waals surface area contributed by atoms with Crippen LogP contribution in [0.1, 0.15) is 12.8 Å². The summed E-state index contributed by atoms with van der Waals surface area (Å²) in [5.74, 6) is -1.39. The maximum Gasteiger partial charge on any atom is 0.434 e. The molecule has 1 aliphatic heterocycles. The molecule has 1 heterocycles. The van der Waals surface area contributed by atoms with E-state index >= 15 is 0 Å². The van der Waals surface area contributed by atoms with Gasteiger partial charge in [-0.2, -0.15) is 0 Å². The summed E-state index contributed by atoms with van der Waals surface area (Å²) in [5.41, 5.74) is 2.37. The maximum atomic E-state index is 7.15. The van der Waals surface area contributed by atoms with Crippen molar-refractivity contribution in [1.82, 2.24) is 0 Å². The highest BCUT2D eigenvalue weighted by Gasteiger charge is 2.42. The summed E-state index contributed by atoms with van der Waals surface area (Å²) in [7, 11) is 0. The second-order valence-corrected chi connectivity index (χ2v) is 5.78. The highest BCUT2D eigenvalue weighted by atomic mass is 35.5. The van der Waals surface area contributed by atoms with Crippen LogP contribution in [0.2, 0.25) is 0 Å². The molecule has 0 aliphatic carbocycles. The van der Waals surface area contributed by atoms with Crippen LogP contribution in [0.4, 0.5) is 0 Å².